The van der Waals surface area contributed by atoms with E-state index < -0.39 is 0 Å². The van der Waals surface area contributed by atoms with E-state index >= 15 is 0 Å². The number of carbonyl (C=O) groups excluding carboxylic acids is 1. The third kappa shape index (κ3) is 3.37. The summed E-state index contributed by atoms with van der Waals surface area (Å²) in [6.07, 6.45) is 3.39. The number of para-hydroxylation sites is 2. The second-order valence-corrected chi connectivity index (χ2v) is 7.83. The smallest absolute Gasteiger partial charge is 0.255 e. The van der Waals surface area contributed by atoms with E-state index in [-0.39, 0.29) is 12.0 Å². The van der Waals surface area contributed by atoms with E-state index in [2.05, 4.69) is 47.5 Å². The zero-order chi connectivity index (χ0) is 19.8. The maximum absolute atomic E-state index is 12.8. The number of hydrogen-bond acceptors (Lipinski definition) is 4. The van der Waals surface area contributed by atoms with Gasteiger partial charge in [-0.25, -0.2) is 0 Å². The predicted molar refractivity (Wildman–Crippen MR) is 111 cm³/mol. The van der Waals surface area contributed by atoms with Crippen LogP contribution < -0.4 is 15.0 Å². The lowest BCUT2D eigenvalue weighted by Crippen LogP contribution is -2.35. The fourth-order valence-electron chi connectivity index (χ4n) is 4.36. The summed E-state index contributed by atoms with van der Waals surface area (Å²) >= 11 is 0. The maximum Gasteiger partial charge on any atom is 0.255 e. The van der Waals surface area contributed by atoms with Crippen LogP contribution in [-0.4, -0.2) is 24.6 Å². The number of hydrogen-bond donors (Lipinski definition) is 1. The van der Waals surface area contributed by atoms with Gasteiger partial charge in [0.05, 0.1) is 24.9 Å². The first-order valence-electron chi connectivity index (χ1n) is 10.1. The van der Waals surface area contributed by atoms with E-state index in [0.717, 1.165) is 18.6 Å². The molecule has 1 aromatic heterocycles. The Morgan fingerprint density at radius 3 is 2.72 bits per heavy atom. The molecule has 3 aromatic rings. The Labute approximate surface area is 170 Å². The number of amides is 1. The minimum Gasteiger partial charge on any atom is -0.488 e. The summed E-state index contributed by atoms with van der Waals surface area (Å²) in [6.45, 7) is 3.26. The molecule has 0 aliphatic carbocycles. The highest BCUT2D eigenvalue weighted by Crippen LogP contribution is 2.33. The molecule has 1 N–H and O–H groups in total. The minimum atomic E-state index is -0.117. The summed E-state index contributed by atoms with van der Waals surface area (Å²) in [7, 11) is 0. The topological polar surface area (TPSA) is 54.7 Å². The van der Waals surface area contributed by atoms with Gasteiger partial charge in [0.15, 0.2) is 0 Å². The second-order valence-electron chi connectivity index (χ2n) is 7.83. The van der Waals surface area contributed by atoms with Gasteiger partial charge in [-0.2, -0.15) is 0 Å². The second kappa shape index (κ2) is 7.32. The zero-order valence-corrected chi connectivity index (χ0v) is 16.4. The van der Waals surface area contributed by atoms with Crippen molar-refractivity contribution in [3.05, 3.63) is 83.3 Å². The van der Waals surface area contributed by atoms with Crippen LogP contribution in [0.3, 0.4) is 0 Å². The molecule has 2 aliphatic heterocycles. The lowest BCUT2D eigenvalue weighted by atomic mass is 10.1. The Bertz CT molecular complexity index is 1020. The van der Waals surface area contributed by atoms with Crippen molar-refractivity contribution in [3.8, 4) is 5.75 Å². The summed E-state index contributed by atoms with van der Waals surface area (Å²) in [4.78, 5) is 15.1. The molecule has 2 unspecified atom stereocenters. The van der Waals surface area contributed by atoms with Crippen LogP contribution >= 0.6 is 0 Å². The Balaban J connectivity index is 1.24. The molecule has 29 heavy (non-hydrogen) atoms. The Hall–Kier alpha value is -3.21. The molecule has 148 valence electrons. The lowest BCUT2D eigenvalue weighted by molar-refractivity contribution is 0.0931. The molecule has 2 atom stereocenters. The first-order chi connectivity index (χ1) is 14.2. The number of nitrogens with one attached hydrogen (secondary N) is 1. The minimum absolute atomic E-state index is 0.0304. The molecule has 1 amide bonds. The molecule has 5 nitrogen and oxygen atoms in total. The van der Waals surface area contributed by atoms with E-state index in [9.17, 15) is 4.79 Å². The van der Waals surface area contributed by atoms with Crippen molar-refractivity contribution in [2.45, 2.75) is 38.5 Å². The summed E-state index contributed by atoms with van der Waals surface area (Å²) in [5, 5.41) is 3.02. The van der Waals surface area contributed by atoms with Gasteiger partial charge in [0.25, 0.3) is 5.91 Å². The fourth-order valence-corrected chi connectivity index (χ4v) is 4.36. The first-order valence-corrected chi connectivity index (χ1v) is 10.1. The van der Waals surface area contributed by atoms with Gasteiger partial charge in [-0.3, -0.25) is 4.79 Å². The molecule has 0 fully saturated rings. The van der Waals surface area contributed by atoms with Crippen molar-refractivity contribution >= 4 is 11.6 Å². The van der Waals surface area contributed by atoms with E-state index in [1.807, 2.05) is 18.2 Å². The normalized spacial score (nSPS) is 19.6. The molecule has 0 radical (unpaired) electrons. The molecule has 0 bridgehead atoms. The third-order valence-electron chi connectivity index (χ3n) is 5.86. The highest BCUT2D eigenvalue weighted by molar-refractivity contribution is 5.95. The average molecular weight is 388 g/mol. The number of ether oxygens (including phenoxy) is 1. The highest BCUT2D eigenvalue weighted by atomic mass is 16.5. The molecule has 5 rings (SSSR count). The average Bonchev–Trinajstić information content (AvgIpc) is 3.44. The summed E-state index contributed by atoms with van der Waals surface area (Å²) in [5.74, 6) is 1.49. The largest absolute Gasteiger partial charge is 0.488 e. The lowest BCUT2D eigenvalue weighted by Gasteiger charge is -2.24. The van der Waals surface area contributed by atoms with Crippen LogP contribution in [-0.2, 0) is 19.4 Å². The van der Waals surface area contributed by atoms with Crippen molar-refractivity contribution in [1.82, 2.24) is 5.32 Å². The fraction of sp³-hybridized carbons (Fsp3) is 0.292. The Morgan fingerprint density at radius 1 is 1.07 bits per heavy atom. The summed E-state index contributed by atoms with van der Waals surface area (Å²) in [6, 6.07) is 18.6. The van der Waals surface area contributed by atoms with Crippen molar-refractivity contribution in [1.29, 1.82) is 0 Å². The number of anilines is 1. The van der Waals surface area contributed by atoms with Crippen LogP contribution in [0.2, 0.25) is 0 Å². The van der Waals surface area contributed by atoms with Crippen LogP contribution in [0, 0.1) is 0 Å². The van der Waals surface area contributed by atoms with Crippen LogP contribution in [0.25, 0.3) is 0 Å². The third-order valence-corrected chi connectivity index (χ3v) is 5.86. The number of carbonyl (C=O) groups is 1. The molecule has 0 saturated carbocycles. The van der Waals surface area contributed by atoms with E-state index in [0.29, 0.717) is 30.5 Å². The number of fused-ring (bicyclic) bond motifs is 2. The maximum atomic E-state index is 12.8. The SMILES string of the molecule is CC1Cc2ccccc2N1Cc1occc1C(=O)NCC1Cc2ccccc2O1. The summed E-state index contributed by atoms with van der Waals surface area (Å²) < 4.78 is 11.6. The van der Waals surface area contributed by atoms with Crippen molar-refractivity contribution in [2.24, 2.45) is 0 Å². The zero-order valence-electron chi connectivity index (χ0n) is 16.4. The summed E-state index contributed by atoms with van der Waals surface area (Å²) in [5.41, 5.74) is 4.35. The van der Waals surface area contributed by atoms with Crippen LogP contribution in [0.4, 0.5) is 5.69 Å². The van der Waals surface area contributed by atoms with Crippen LogP contribution in [0.5, 0.6) is 5.75 Å². The highest BCUT2D eigenvalue weighted by Gasteiger charge is 2.28. The number of furan rings is 1. The van der Waals surface area contributed by atoms with Gasteiger partial charge in [0.1, 0.15) is 17.6 Å². The monoisotopic (exact) mass is 388 g/mol. The Morgan fingerprint density at radius 2 is 1.86 bits per heavy atom. The van der Waals surface area contributed by atoms with Gasteiger partial charge >= 0.3 is 0 Å². The van der Waals surface area contributed by atoms with Gasteiger partial charge in [-0.15, -0.1) is 0 Å². The van der Waals surface area contributed by atoms with Gasteiger partial charge in [0.2, 0.25) is 0 Å². The van der Waals surface area contributed by atoms with E-state index in [1.54, 1.807) is 12.3 Å². The molecule has 0 spiro atoms. The predicted octanol–water partition coefficient (Wildman–Crippen LogP) is 3.96. The first kappa shape index (κ1) is 17.9. The van der Waals surface area contributed by atoms with Crippen LogP contribution in [0.15, 0.2) is 65.3 Å². The Kier molecular flexibility index (Phi) is 4.51. The quantitative estimate of drug-likeness (QED) is 0.719. The number of rotatable bonds is 5. The molecule has 2 aromatic carbocycles. The van der Waals surface area contributed by atoms with Gasteiger partial charge in [0, 0.05) is 18.2 Å². The van der Waals surface area contributed by atoms with Crippen LogP contribution in [0.1, 0.15) is 34.2 Å². The van der Waals surface area contributed by atoms with Crippen molar-refractivity contribution < 1.29 is 13.9 Å². The van der Waals surface area contributed by atoms with E-state index in [4.69, 9.17) is 9.15 Å². The molecule has 2 aliphatic rings. The number of nitrogens with zero attached hydrogens (tertiary/aromatic N) is 1. The molecule has 5 heteroatoms. The van der Waals surface area contributed by atoms with Gasteiger partial charge in [-0.1, -0.05) is 36.4 Å². The van der Waals surface area contributed by atoms with Gasteiger partial charge in [-0.05, 0) is 42.7 Å². The molecular formula is C24H24N2O3. The number of benzene rings is 2. The van der Waals surface area contributed by atoms with Gasteiger partial charge < -0.3 is 19.4 Å². The van der Waals surface area contributed by atoms with E-state index in [1.165, 1.54) is 16.8 Å². The van der Waals surface area contributed by atoms with Crippen molar-refractivity contribution in [3.63, 3.8) is 0 Å². The molecule has 0 saturated heterocycles. The molecule has 3 heterocycles. The standard InChI is InChI=1S/C24H24N2O3/c1-16-12-17-6-2-4-8-21(17)26(16)15-23-20(10-11-28-23)24(27)25-14-19-13-18-7-3-5-9-22(18)29-19/h2-11,16,19H,12-15H2,1H3,(H,25,27). The molecular weight excluding hydrogens is 364 g/mol. The van der Waals surface area contributed by atoms with Crippen molar-refractivity contribution in [2.75, 3.05) is 11.4 Å².